The Labute approximate surface area is 118 Å². The lowest BCUT2D eigenvalue weighted by molar-refractivity contribution is 0.320. The summed E-state index contributed by atoms with van der Waals surface area (Å²) in [5.74, 6) is 0. The molecule has 0 amide bonds. The second-order valence-electron chi connectivity index (χ2n) is 5.42. The third kappa shape index (κ3) is 4.71. The van der Waals surface area contributed by atoms with Gasteiger partial charge in [0.2, 0.25) is 0 Å². The quantitative estimate of drug-likeness (QED) is 0.859. The summed E-state index contributed by atoms with van der Waals surface area (Å²) in [5.41, 5.74) is 1.38. The molecule has 0 saturated carbocycles. The van der Waals surface area contributed by atoms with Gasteiger partial charge in [-0.25, -0.2) is 0 Å². The van der Waals surface area contributed by atoms with Crippen molar-refractivity contribution in [2.45, 2.75) is 31.2 Å². The minimum Gasteiger partial charge on any atom is -0.311 e. The van der Waals surface area contributed by atoms with Crippen molar-refractivity contribution in [1.29, 1.82) is 0 Å². The van der Waals surface area contributed by atoms with Gasteiger partial charge in [-0.1, -0.05) is 30.3 Å². The van der Waals surface area contributed by atoms with E-state index in [1.807, 2.05) is 6.92 Å². The van der Waals surface area contributed by atoms with Gasteiger partial charge < -0.3 is 5.32 Å². The number of hydrogen-bond acceptors (Lipinski definition) is 3. The average Bonchev–Trinajstić information content (AvgIpc) is 2.84. The normalized spacial score (nSPS) is 23.4. The Hall–Kier alpha value is -0.710. The van der Waals surface area contributed by atoms with Crippen LogP contribution in [0.5, 0.6) is 0 Å². The van der Waals surface area contributed by atoms with Crippen molar-refractivity contribution >= 4 is 10.8 Å². The average molecular weight is 280 g/mol. The molecule has 0 spiro atoms. The van der Waals surface area contributed by atoms with Crippen LogP contribution >= 0.6 is 0 Å². The topological polar surface area (TPSA) is 32.3 Å². The largest absolute Gasteiger partial charge is 0.311 e. The molecule has 1 fully saturated rings. The summed E-state index contributed by atoms with van der Waals surface area (Å²) in [6, 6.07) is 11.2. The lowest BCUT2D eigenvalue weighted by atomic mass is 10.2. The molecule has 1 aromatic rings. The lowest BCUT2D eigenvalue weighted by Crippen LogP contribution is -2.37. The van der Waals surface area contributed by atoms with Gasteiger partial charge in [0.15, 0.2) is 0 Å². The van der Waals surface area contributed by atoms with E-state index in [2.05, 4.69) is 40.5 Å². The summed E-state index contributed by atoms with van der Waals surface area (Å²) in [6.07, 6.45) is 2.97. The number of hydrogen-bond donors (Lipinski definition) is 1. The monoisotopic (exact) mass is 280 g/mol. The van der Waals surface area contributed by atoms with E-state index in [0.717, 1.165) is 26.2 Å². The molecule has 3 nitrogen and oxygen atoms in total. The van der Waals surface area contributed by atoms with Gasteiger partial charge in [-0.05, 0) is 18.9 Å². The fraction of sp³-hybridized carbons (Fsp3) is 0.600. The van der Waals surface area contributed by atoms with Crippen LogP contribution in [0.2, 0.25) is 0 Å². The molecular weight excluding hydrogens is 256 g/mol. The van der Waals surface area contributed by atoms with E-state index < -0.39 is 10.8 Å². The van der Waals surface area contributed by atoms with Gasteiger partial charge in [0.05, 0.1) is 0 Å². The van der Waals surface area contributed by atoms with Crippen LogP contribution in [0.1, 0.15) is 18.9 Å². The van der Waals surface area contributed by atoms with Crippen LogP contribution in [-0.2, 0) is 17.3 Å². The SMILES string of the molecule is CC(CNC1CCN(Cc2ccccc2)C1)S(C)=O. The van der Waals surface area contributed by atoms with Gasteiger partial charge in [0, 0.05) is 54.5 Å². The molecule has 0 aromatic heterocycles. The summed E-state index contributed by atoms with van der Waals surface area (Å²) in [6.45, 7) is 6.18. The van der Waals surface area contributed by atoms with Crippen molar-refractivity contribution in [3.8, 4) is 0 Å². The van der Waals surface area contributed by atoms with Crippen LogP contribution in [0.3, 0.4) is 0 Å². The van der Waals surface area contributed by atoms with E-state index in [4.69, 9.17) is 0 Å². The number of benzene rings is 1. The fourth-order valence-corrected chi connectivity index (χ4v) is 2.77. The second kappa shape index (κ2) is 7.17. The molecule has 0 bridgehead atoms. The van der Waals surface area contributed by atoms with Gasteiger partial charge in [0.25, 0.3) is 0 Å². The Morgan fingerprint density at radius 3 is 2.84 bits per heavy atom. The van der Waals surface area contributed by atoms with Crippen LogP contribution < -0.4 is 5.32 Å². The fourth-order valence-electron chi connectivity index (χ4n) is 2.43. The van der Waals surface area contributed by atoms with E-state index in [1.54, 1.807) is 6.26 Å². The van der Waals surface area contributed by atoms with E-state index in [0.29, 0.717) is 6.04 Å². The first kappa shape index (κ1) is 14.7. The Balaban J connectivity index is 1.73. The number of nitrogens with zero attached hydrogens (tertiary/aromatic N) is 1. The Morgan fingerprint density at radius 2 is 2.16 bits per heavy atom. The standard InChI is InChI=1S/C15H24N2OS/c1-13(19(2)18)10-16-15-8-9-17(12-15)11-14-6-4-3-5-7-14/h3-7,13,15-16H,8-12H2,1-2H3. The lowest BCUT2D eigenvalue weighted by Gasteiger charge is -2.18. The van der Waals surface area contributed by atoms with Gasteiger partial charge >= 0.3 is 0 Å². The zero-order chi connectivity index (χ0) is 13.7. The zero-order valence-corrected chi connectivity index (χ0v) is 12.7. The highest BCUT2D eigenvalue weighted by Crippen LogP contribution is 2.13. The van der Waals surface area contributed by atoms with Gasteiger partial charge in [-0.15, -0.1) is 0 Å². The van der Waals surface area contributed by atoms with Crippen LogP contribution in [0.25, 0.3) is 0 Å². The molecule has 2 rings (SSSR count). The summed E-state index contributed by atoms with van der Waals surface area (Å²) in [4.78, 5) is 2.49. The maximum absolute atomic E-state index is 11.3. The second-order valence-corrected chi connectivity index (χ2v) is 7.23. The summed E-state index contributed by atoms with van der Waals surface area (Å²) < 4.78 is 11.3. The molecule has 1 aliphatic rings. The van der Waals surface area contributed by atoms with Crippen molar-refractivity contribution in [2.75, 3.05) is 25.9 Å². The van der Waals surface area contributed by atoms with E-state index in [1.165, 1.54) is 12.0 Å². The van der Waals surface area contributed by atoms with Crippen LogP contribution in [0.15, 0.2) is 30.3 Å². The molecule has 0 radical (unpaired) electrons. The van der Waals surface area contributed by atoms with Crippen molar-refractivity contribution in [3.63, 3.8) is 0 Å². The highest BCUT2D eigenvalue weighted by molar-refractivity contribution is 7.84. The minimum atomic E-state index is -0.727. The molecule has 19 heavy (non-hydrogen) atoms. The highest BCUT2D eigenvalue weighted by Gasteiger charge is 2.22. The zero-order valence-electron chi connectivity index (χ0n) is 11.8. The van der Waals surface area contributed by atoms with Gasteiger partial charge in [-0.2, -0.15) is 0 Å². The van der Waals surface area contributed by atoms with E-state index in [-0.39, 0.29) is 5.25 Å². The number of rotatable bonds is 6. The molecule has 1 heterocycles. The molecule has 3 unspecified atom stereocenters. The Bertz CT molecular complexity index is 410. The first-order valence-corrected chi connectivity index (χ1v) is 8.59. The molecule has 106 valence electrons. The third-order valence-electron chi connectivity index (χ3n) is 3.78. The van der Waals surface area contributed by atoms with Crippen molar-refractivity contribution < 1.29 is 4.21 Å². The number of likely N-dealkylation sites (tertiary alicyclic amines) is 1. The Morgan fingerprint density at radius 1 is 1.42 bits per heavy atom. The molecule has 1 aromatic carbocycles. The van der Waals surface area contributed by atoms with Crippen LogP contribution in [-0.4, -0.2) is 46.3 Å². The molecule has 4 heteroatoms. The first-order chi connectivity index (χ1) is 9.15. The Kier molecular flexibility index (Phi) is 5.55. The molecule has 0 aliphatic carbocycles. The summed E-state index contributed by atoms with van der Waals surface area (Å²) >= 11 is 0. The maximum atomic E-state index is 11.3. The number of nitrogens with one attached hydrogen (secondary N) is 1. The first-order valence-electron chi connectivity index (χ1n) is 6.97. The molecule has 1 N–H and O–H groups in total. The predicted molar refractivity (Wildman–Crippen MR) is 81.7 cm³/mol. The molecule has 3 atom stereocenters. The molecule has 1 saturated heterocycles. The van der Waals surface area contributed by atoms with Crippen molar-refractivity contribution in [3.05, 3.63) is 35.9 Å². The highest BCUT2D eigenvalue weighted by atomic mass is 32.2. The predicted octanol–water partition coefficient (Wildman–Crippen LogP) is 1.62. The molecular formula is C15H24N2OS. The minimum absolute atomic E-state index is 0.239. The van der Waals surface area contributed by atoms with Crippen LogP contribution in [0.4, 0.5) is 0 Å². The van der Waals surface area contributed by atoms with Gasteiger partial charge in [-0.3, -0.25) is 9.11 Å². The smallest absolute Gasteiger partial charge is 0.0441 e. The van der Waals surface area contributed by atoms with Gasteiger partial charge in [0.1, 0.15) is 0 Å². The summed E-state index contributed by atoms with van der Waals surface area (Å²) in [5, 5.41) is 3.78. The van der Waals surface area contributed by atoms with E-state index in [9.17, 15) is 4.21 Å². The third-order valence-corrected chi connectivity index (χ3v) is 5.08. The van der Waals surface area contributed by atoms with E-state index >= 15 is 0 Å². The van der Waals surface area contributed by atoms with Crippen molar-refractivity contribution in [1.82, 2.24) is 10.2 Å². The maximum Gasteiger partial charge on any atom is 0.0441 e. The summed E-state index contributed by atoms with van der Waals surface area (Å²) in [7, 11) is -0.727. The molecule has 1 aliphatic heterocycles. The van der Waals surface area contributed by atoms with Crippen LogP contribution in [0, 0.1) is 0 Å². The van der Waals surface area contributed by atoms with Crippen molar-refractivity contribution in [2.24, 2.45) is 0 Å².